The molecule has 2 rings (SSSR count). The van der Waals surface area contributed by atoms with E-state index >= 15 is 0 Å². The first kappa shape index (κ1) is 16.2. The summed E-state index contributed by atoms with van der Waals surface area (Å²) in [7, 11) is -3.57. The summed E-state index contributed by atoms with van der Waals surface area (Å²) >= 11 is 5.63. The number of sulfonamides is 1. The molecule has 1 N–H and O–H groups in total. The fraction of sp³-hybridized carbons (Fsp3) is 0.462. The zero-order valence-electron chi connectivity index (χ0n) is 11.5. The van der Waals surface area contributed by atoms with Gasteiger partial charge in [-0.05, 0) is 24.1 Å². The average Bonchev–Trinajstić information content (AvgIpc) is 2.81. The Labute approximate surface area is 128 Å². The van der Waals surface area contributed by atoms with Crippen LogP contribution in [0.1, 0.15) is 18.9 Å². The first-order valence-corrected chi connectivity index (χ1v) is 8.49. The largest absolute Gasteiger partial charge is 0.341 e. The second-order valence-corrected chi connectivity index (χ2v) is 7.24. The van der Waals surface area contributed by atoms with E-state index in [2.05, 4.69) is 4.72 Å². The van der Waals surface area contributed by atoms with Crippen LogP contribution in [-0.4, -0.2) is 38.4 Å². The molecule has 1 aromatic rings. The van der Waals surface area contributed by atoms with Gasteiger partial charge in [0, 0.05) is 26.1 Å². The lowest BCUT2D eigenvalue weighted by Crippen LogP contribution is -2.38. The van der Waals surface area contributed by atoms with Crippen molar-refractivity contribution in [3.05, 3.63) is 34.6 Å². The van der Waals surface area contributed by atoms with E-state index < -0.39 is 15.8 Å². The summed E-state index contributed by atoms with van der Waals surface area (Å²) < 4.78 is 39.8. The topological polar surface area (TPSA) is 66.5 Å². The molecule has 0 aliphatic carbocycles. The smallest absolute Gasteiger partial charge is 0.219 e. The summed E-state index contributed by atoms with van der Waals surface area (Å²) in [6.45, 7) is 2.38. The molecule has 0 spiro atoms. The van der Waals surface area contributed by atoms with Gasteiger partial charge < -0.3 is 4.90 Å². The molecule has 5 nitrogen and oxygen atoms in total. The lowest BCUT2D eigenvalue weighted by atomic mass is 10.2. The lowest BCUT2D eigenvalue weighted by Gasteiger charge is -2.15. The summed E-state index contributed by atoms with van der Waals surface area (Å²) in [6.07, 6.45) is 0.586. The van der Waals surface area contributed by atoms with Crippen molar-refractivity contribution < 1.29 is 17.6 Å². The number of benzene rings is 1. The number of hydrogen-bond donors (Lipinski definition) is 1. The first-order chi connectivity index (χ1) is 9.77. The normalized spacial score (nSPS) is 19.0. The number of halogens is 2. The lowest BCUT2D eigenvalue weighted by molar-refractivity contribution is -0.127. The van der Waals surface area contributed by atoms with Crippen molar-refractivity contribution in [2.45, 2.75) is 25.1 Å². The summed E-state index contributed by atoms with van der Waals surface area (Å²) in [5.74, 6) is -0.926. The van der Waals surface area contributed by atoms with Gasteiger partial charge in [-0.2, -0.15) is 0 Å². The fourth-order valence-corrected chi connectivity index (χ4v) is 3.89. The SMILES string of the molecule is CC(=O)N1CCC(NS(=O)(=O)Cc2ccc(F)c(Cl)c2)C1. The van der Waals surface area contributed by atoms with E-state index in [1.54, 1.807) is 4.90 Å². The quantitative estimate of drug-likeness (QED) is 0.908. The Morgan fingerprint density at radius 2 is 2.24 bits per heavy atom. The molecule has 0 bridgehead atoms. The van der Waals surface area contributed by atoms with Crippen LogP contribution in [0.25, 0.3) is 0 Å². The molecule has 0 saturated carbocycles. The summed E-state index contributed by atoms with van der Waals surface area (Å²) in [4.78, 5) is 12.8. The van der Waals surface area contributed by atoms with Gasteiger partial charge in [0.05, 0.1) is 10.8 Å². The highest BCUT2D eigenvalue weighted by atomic mass is 35.5. The molecule has 1 atom stereocenters. The molecule has 1 aliphatic rings. The maximum Gasteiger partial charge on any atom is 0.219 e. The fourth-order valence-electron chi connectivity index (χ4n) is 2.29. The highest BCUT2D eigenvalue weighted by Gasteiger charge is 2.27. The Bertz CT molecular complexity index is 651. The Morgan fingerprint density at radius 1 is 1.52 bits per heavy atom. The van der Waals surface area contributed by atoms with Gasteiger partial charge in [-0.25, -0.2) is 17.5 Å². The van der Waals surface area contributed by atoms with Gasteiger partial charge in [0.25, 0.3) is 0 Å². The third kappa shape index (κ3) is 4.39. The van der Waals surface area contributed by atoms with Crippen molar-refractivity contribution in [3.63, 3.8) is 0 Å². The van der Waals surface area contributed by atoms with Gasteiger partial charge in [-0.15, -0.1) is 0 Å². The van der Waals surface area contributed by atoms with Crippen LogP contribution < -0.4 is 4.72 Å². The van der Waals surface area contributed by atoms with Crippen LogP contribution in [0, 0.1) is 5.82 Å². The molecular formula is C13H16ClFN2O3S. The van der Waals surface area contributed by atoms with Gasteiger partial charge in [0.15, 0.2) is 0 Å². The van der Waals surface area contributed by atoms with Gasteiger partial charge in [-0.1, -0.05) is 17.7 Å². The minimum Gasteiger partial charge on any atom is -0.341 e. The Hall–Kier alpha value is -1.18. The number of hydrogen-bond acceptors (Lipinski definition) is 3. The van der Waals surface area contributed by atoms with E-state index in [-0.39, 0.29) is 22.7 Å². The van der Waals surface area contributed by atoms with Gasteiger partial charge >= 0.3 is 0 Å². The van der Waals surface area contributed by atoms with E-state index in [0.29, 0.717) is 25.1 Å². The maximum absolute atomic E-state index is 13.0. The highest BCUT2D eigenvalue weighted by molar-refractivity contribution is 7.88. The molecule has 1 unspecified atom stereocenters. The van der Waals surface area contributed by atoms with Crippen LogP contribution in [-0.2, 0) is 20.6 Å². The number of amides is 1. The van der Waals surface area contributed by atoms with E-state index in [1.807, 2.05) is 0 Å². The monoisotopic (exact) mass is 334 g/mol. The van der Waals surface area contributed by atoms with Crippen molar-refractivity contribution in [2.24, 2.45) is 0 Å². The summed E-state index contributed by atoms with van der Waals surface area (Å²) in [6, 6.07) is 3.54. The number of carbonyl (C=O) groups is 1. The number of nitrogens with zero attached hydrogens (tertiary/aromatic N) is 1. The van der Waals surface area contributed by atoms with Gasteiger partial charge in [-0.3, -0.25) is 4.79 Å². The highest BCUT2D eigenvalue weighted by Crippen LogP contribution is 2.18. The molecule has 0 aromatic heterocycles. The van der Waals surface area contributed by atoms with E-state index in [0.717, 1.165) is 6.07 Å². The number of rotatable bonds is 4. The molecule has 116 valence electrons. The summed E-state index contributed by atoms with van der Waals surface area (Å²) in [5.41, 5.74) is 0.412. The van der Waals surface area contributed by atoms with Crippen molar-refractivity contribution in [1.29, 1.82) is 0 Å². The molecule has 1 aliphatic heterocycles. The molecule has 21 heavy (non-hydrogen) atoms. The van der Waals surface area contributed by atoms with Crippen molar-refractivity contribution in [2.75, 3.05) is 13.1 Å². The third-order valence-electron chi connectivity index (χ3n) is 3.32. The molecule has 8 heteroatoms. The second kappa shape index (κ2) is 6.29. The maximum atomic E-state index is 13.0. The number of carbonyl (C=O) groups excluding carboxylic acids is 1. The van der Waals surface area contributed by atoms with Crippen LogP contribution >= 0.6 is 11.6 Å². The van der Waals surface area contributed by atoms with Crippen LogP contribution in [0.4, 0.5) is 4.39 Å². The molecule has 1 heterocycles. The molecule has 1 fully saturated rings. The molecule has 1 aromatic carbocycles. The van der Waals surface area contributed by atoms with Crippen molar-refractivity contribution in [3.8, 4) is 0 Å². The number of nitrogens with one attached hydrogen (secondary N) is 1. The van der Waals surface area contributed by atoms with Gasteiger partial charge in [0.2, 0.25) is 15.9 Å². The second-order valence-electron chi connectivity index (χ2n) is 5.08. The van der Waals surface area contributed by atoms with E-state index in [4.69, 9.17) is 11.6 Å². The standard InChI is InChI=1S/C13H16ClFN2O3S/c1-9(18)17-5-4-11(7-17)16-21(19,20)8-10-2-3-13(15)12(14)6-10/h2-3,6,11,16H,4-5,7-8H2,1H3. The van der Waals surface area contributed by atoms with Crippen LogP contribution in [0.3, 0.4) is 0 Å². The van der Waals surface area contributed by atoms with Crippen LogP contribution in [0.5, 0.6) is 0 Å². The predicted octanol–water partition coefficient (Wildman–Crippen LogP) is 1.52. The Kier molecular flexibility index (Phi) is 4.85. The van der Waals surface area contributed by atoms with E-state index in [9.17, 15) is 17.6 Å². The minimum absolute atomic E-state index is 0.0676. The number of likely N-dealkylation sites (tertiary alicyclic amines) is 1. The molecule has 1 amide bonds. The molecular weight excluding hydrogens is 319 g/mol. The van der Waals surface area contributed by atoms with Gasteiger partial charge in [0.1, 0.15) is 5.82 Å². The third-order valence-corrected chi connectivity index (χ3v) is 5.02. The first-order valence-electron chi connectivity index (χ1n) is 6.46. The predicted molar refractivity (Wildman–Crippen MR) is 77.8 cm³/mol. The minimum atomic E-state index is -3.57. The van der Waals surface area contributed by atoms with Crippen molar-refractivity contribution in [1.82, 2.24) is 9.62 Å². The van der Waals surface area contributed by atoms with E-state index in [1.165, 1.54) is 19.1 Å². The van der Waals surface area contributed by atoms with Crippen LogP contribution in [0.15, 0.2) is 18.2 Å². The molecule has 0 radical (unpaired) electrons. The molecule has 1 saturated heterocycles. The Balaban J connectivity index is 1.99. The zero-order valence-corrected chi connectivity index (χ0v) is 13.0. The zero-order chi connectivity index (χ0) is 15.6. The van der Waals surface area contributed by atoms with Crippen LogP contribution in [0.2, 0.25) is 5.02 Å². The van der Waals surface area contributed by atoms with Crippen molar-refractivity contribution >= 4 is 27.5 Å². The average molecular weight is 335 g/mol. The summed E-state index contributed by atoms with van der Waals surface area (Å²) in [5, 5.41) is -0.105. The Morgan fingerprint density at radius 3 is 2.81 bits per heavy atom.